The molecule has 158 valence electrons. The van der Waals surface area contributed by atoms with Crippen molar-refractivity contribution in [2.75, 3.05) is 0 Å². The van der Waals surface area contributed by atoms with Crippen LogP contribution in [-0.2, 0) is 22.4 Å². The summed E-state index contributed by atoms with van der Waals surface area (Å²) in [6.45, 7) is 1.67. The minimum absolute atomic E-state index is 0.0304. The molecule has 0 bridgehead atoms. The molecule has 8 nitrogen and oxygen atoms in total. The number of amides is 1. The Bertz CT molecular complexity index is 1370. The molecule has 0 radical (unpaired) electrons. The molecule has 4 rings (SSSR count). The lowest BCUT2D eigenvalue weighted by molar-refractivity contribution is -0.308. The van der Waals surface area contributed by atoms with Gasteiger partial charge in [-0.15, -0.1) is 0 Å². The van der Waals surface area contributed by atoms with Gasteiger partial charge < -0.3 is 29.7 Å². The molecular formula is C23H19N2O6-. The summed E-state index contributed by atoms with van der Waals surface area (Å²) in [4.78, 5) is 39.7. The smallest absolute Gasteiger partial charge is 0.340 e. The molecule has 0 saturated carbocycles. The number of hydrogen-bond donors (Lipinski definition) is 3. The molecule has 0 saturated heterocycles. The summed E-state index contributed by atoms with van der Waals surface area (Å²) >= 11 is 0. The molecule has 1 atom stereocenters. The summed E-state index contributed by atoms with van der Waals surface area (Å²) in [5, 5.41) is 25.1. The highest BCUT2D eigenvalue weighted by Crippen LogP contribution is 2.24. The van der Waals surface area contributed by atoms with E-state index in [0.717, 1.165) is 16.5 Å². The van der Waals surface area contributed by atoms with Crippen LogP contribution in [0.4, 0.5) is 0 Å². The van der Waals surface area contributed by atoms with Gasteiger partial charge in [-0.2, -0.15) is 0 Å². The zero-order valence-corrected chi connectivity index (χ0v) is 16.6. The number of H-pyrrole nitrogens is 1. The molecule has 0 fully saturated rings. The lowest BCUT2D eigenvalue weighted by Gasteiger charge is -2.20. The second kappa shape index (κ2) is 7.98. The topological polar surface area (TPSA) is 135 Å². The van der Waals surface area contributed by atoms with Crippen molar-refractivity contribution in [2.24, 2.45) is 0 Å². The van der Waals surface area contributed by atoms with Gasteiger partial charge in [-0.3, -0.25) is 4.79 Å². The van der Waals surface area contributed by atoms with Crippen molar-refractivity contribution in [1.29, 1.82) is 0 Å². The highest BCUT2D eigenvalue weighted by Gasteiger charge is 2.20. The normalized spacial score (nSPS) is 12.2. The summed E-state index contributed by atoms with van der Waals surface area (Å²) < 4.78 is 5.21. The van der Waals surface area contributed by atoms with Crippen LogP contribution >= 0.6 is 0 Å². The first-order valence-electron chi connectivity index (χ1n) is 9.64. The van der Waals surface area contributed by atoms with E-state index in [-0.39, 0.29) is 29.7 Å². The van der Waals surface area contributed by atoms with Gasteiger partial charge in [0.05, 0.1) is 24.0 Å². The minimum atomic E-state index is -1.42. The van der Waals surface area contributed by atoms with Gasteiger partial charge in [0.15, 0.2) is 0 Å². The van der Waals surface area contributed by atoms with Gasteiger partial charge in [0.1, 0.15) is 11.3 Å². The summed E-state index contributed by atoms with van der Waals surface area (Å²) in [7, 11) is 0. The maximum Gasteiger partial charge on any atom is 0.340 e. The molecule has 1 amide bonds. The quantitative estimate of drug-likeness (QED) is 0.403. The second-order valence-electron chi connectivity index (χ2n) is 7.35. The van der Waals surface area contributed by atoms with Gasteiger partial charge in [0, 0.05) is 35.0 Å². The van der Waals surface area contributed by atoms with E-state index < -0.39 is 23.5 Å². The van der Waals surface area contributed by atoms with Crippen LogP contribution in [0.3, 0.4) is 0 Å². The zero-order valence-electron chi connectivity index (χ0n) is 16.6. The number of aromatic nitrogens is 1. The van der Waals surface area contributed by atoms with Crippen molar-refractivity contribution in [2.45, 2.75) is 25.8 Å². The van der Waals surface area contributed by atoms with Crippen LogP contribution in [0.25, 0.3) is 21.9 Å². The first kappa shape index (κ1) is 20.2. The number of aryl methyl sites for hydroxylation is 1. The first-order chi connectivity index (χ1) is 14.8. The Kier molecular flexibility index (Phi) is 5.21. The molecule has 0 aliphatic rings. The number of fused-ring (bicyclic) bond motifs is 2. The average Bonchev–Trinajstić information content (AvgIpc) is 3.13. The van der Waals surface area contributed by atoms with Crippen LogP contribution in [0, 0.1) is 6.92 Å². The number of phenolic OH excluding ortho intramolecular Hbond substituents is 1. The Hall–Kier alpha value is -4.07. The number of phenols is 1. The number of nitrogens with one attached hydrogen (secondary N) is 2. The van der Waals surface area contributed by atoms with E-state index in [2.05, 4.69) is 10.3 Å². The Morgan fingerprint density at radius 2 is 1.97 bits per heavy atom. The van der Waals surface area contributed by atoms with Crippen LogP contribution in [0.2, 0.25) is 0 Å². The van der Waals surface area contributed by atoms with Crippen LogP contribution in [-0.4, -0.2) is 28.0 Å². The third kappa shape index (κ3) is 4.00. The molecular weight excluding hydrogens is 400 g/mol. The van der Waals surface area contributed by atoms with Crippen LogP contribution < -0.4 is 16.0 Å². The van der Waals surface area contributed by atoms with E-state index >= 15 is 0 Å². The number of benzene rings is 2. The van der Waals surface area contributed by atoms with Crippen LogP contribution in [0.1, 0.15) is 16.7 Å². The molecule has 0 spiro atoms. The monoisotopic (exact) mass is 419 g/mol. The van der Waals surface area contributed by atoms with Crippen molar-refractivity contribution >= 4 is 33.7 Å². The Balaban J connectivity index is 1.56. The molecule has 2 aromatic carbocycles. The number of para-hydroxylation sites is 1. The molecule has 0 unspecified atom stereocenters. The maximum atomic E-state index is 12.6. The fourth-order valence-electron chi connectivity index (χ4n) is 3.71. The number of aromatic hydroxyl groups is 1. The van der Waals surface area contributed by atoms with Crippen molar-refractivity contribution in [1.82, 2.24) is 10.3 Å². The number of carboxylic acid groups (broad SMARTS) is 1. The fraction of sp³-hybridized carbons (Fsp3) is 0.174. The van der Waals surface area contributed by atoms with E-state index in [4.69, 9.17) is 4.42 Å². The Morgan fingerprint density at radius 1 is 1.19 bits per heavy atom. The molecule has 0 aliphatic carbocycles. The second-order valence-corrected chi connectivity index (χ2v) is 7.35. The van der Waals surface area contributed by atoms with Gasteiger partial charge >= 0.3 is 5.63 Å². The molecule has 2 heterocycles. The molecule has 0 aliphatic heterocycles. The largest absolute Gasteiger partial charge is 0.548 e. The SMILES string of the molecule is Cc1c(CC(=O)N[C@@H](Cc2c[nH]c3ccccc23)C(=O)[O-])c(=O)oc2cc(O)ccc12. The van der Waals surface area contributed by atoms with E-state index in [1.807, 2.05) is 24.3 Å². The lowest BCUT2D eigenvalue weighted by atomic mass is 10.0. The zero-order chi connectivity index (χ0) is 22.1. The standard InChI is InChI=1S/C23H20N2O6/c1-12-15-7-6-14(26)9-20(15)31-23(30)17(12)10-21(27)25-19(22(28)29)8-13-11-24-18-5-3-2-4-16(13)18/h2-7,9,11,19,24,26H,8,10H2,1H3,(H,25,27)(H,28,29)/p-1/t19-/m0/s1. The molecule has 31 heavy (non-hydrogen) atoms. The molecule has 3 N–H and O–H groups in total. The lowest BCUT2D eigenvalue weighted by Crippen LogP contribution is -2.49. The summed E-state index contributed by atoms with van der Waals surface area (Å²) in [5.41, 5.74) is 1.73. The van der Waals surface area contributed by atoms with Gasteiger partial charge in [-0.05, 0) is 36.2 Å². The molecule has 8 heteroatoms. The molecule has 4 aromatic rings. The third-order valence-corrected chi connectivity index (χ3v) is 5.33. The summed E-state index contributed by atoms with van der Waals surface area (Å²) in [6.07, 6.45) is 1.38. The highest BCUT2D eigenvalue weighted by molar-refractivity contribution is 5.88. The van der Waals surface area contributed by atoms with Gasteiger partial charge in [-0.1, -0.05) is 18.2 Å². The number of aromatic amines is 1. The van der Waals surface area contributed by atoms with Gasteiger partial charge in [0.25, 0.3) is 0 Å². The number of carboxylic acids is 1. The van der Waals surface area contributed by atoms with Crippen molar-refractivity contribution in [3.8, 4) is 5.75 Å². The van der Waals surface area contributed by atoms with Crippen molar-refractivity contribution in [3.63, 3.8) is 0 Å². The van der Waals surface area contributed by atoms with E-state index in [0.29, 0.717) is 10.9 Å². The first-order valence-corrected chi connectivity index (χ1v) is 9.64. The fourth-order valence-corrected chi connectivity index (χ4v) is 3.71. The minimum Gasteiger partial charge on any atom is -0.548 e. The summed E-state index contributed by atoms with van der Waals surface area (Å²) in [6, 6.07) is 10.5. The van der Waals surface area contributed by atoms with E-state index in [1.54, 1.807) is 19.2 Å². The molecule has 2 aromatic heterocycles. The van der Waals surface area contributed by atoms with E-state index in [9.17, 15) is 24.6 Å². The average molecular weight is 419 g/mol. The highest BCUT2D eigenvalue weighted by atomic mass is 16.4. The predicted octanol–water partition coefficient (Wildman–Crippen LogP) is 1.31. The Morgan fingerprint density at radius 3 is 2.74 bits per heavy atom. The Labute approximate surface area is 176 Å². The number of carbonyl (C=O) groups is 2. The van der Waals surface area contributed by atoms with Crippen molar-refractivity contribution < 1.29 is 24.2 Å². The number of hydrogen-bond acceptors (Lipinski definition) is 6. The predicted molar refractivity (Wildman–Crippen MR) is 112 cm³/mol. The van der Waals surface area contributed by atoms with Gasteiger partial charge in [0.2, 0.25) is 5.91 Å². The van der Waals surface area contributed by atoms with Crippen LogP contribution in [0.15, 0.2) is 57.9 Å². The van der Waals surface area contributed by atoms with E-state index in [1.165, 1.54) is 12.1 Å². The third-order valence-electron chi connectivity index (χ3n) is 5.33. The number of carbonyl (C=O) groups excluding carboxylic acids is 2. The summed E-state index contributed by atoms with van der Waals surface area (Å²) in [5.74, 6) is -2.10. The number of aliphatic carboxylic acids is 1. The number of rotatable bonds is 6. The maximum absolute atomic E-state index is 12.6. The van der Waals surface area contributed by atoms with Crippen LogP contribution in [0.5, 0.6) is 5.75 Å². The van der Waals surface area contributed by atoms with Gasteiger partial charge in [-0.25, -0.2) is 4.79 Å². The van der Waals surface area contributed by atoms with Crippen molar-refractivity contribution in [3.05, 3.63) is 75.8 Å².